The summed E-state index contributed by atoms with van der Waals surface area (Å²) in [5.41, 5.74) is -0.488. The maximum absolute atomic E-state index is 11.3. The summed E-state index contributed by atoms with van der Waals surface area (Å²) in [6.45, 7) is 0. The summed E-state index contributed by atoms with van der Waals surface area (Å²) in [7, 11) is -3.07. The first kappa shape index (κ1) is 20.1. The van der Waals surface area contributed by atoms with Crippen LogP contribution in [-0.2, 0) is 24.9 Å². The summed E-state index contributed by atoms with van der Waals surface area (Å²) in [6.07, 6.45) is 4.21. The van der Waals surface area contributed by atoms with Crippen molar-refractivity contribution in [2.75, 3.05) is 7.11 Å². The van der Waals surface area contributed by atoms with E-state index in [4.69, 9.17) is 19.0 Å². The van der Waals surface area contributed by atoms with Crippen LogP contribution in [0.1, 0.15) is 37.7 Å². The van der Waals surface area contributed by atoms with E-state index in [2.05, 4.69) is 0 Å². The van der Waals surface area contributed by atoms with Gasteiger partial charge in [0.05, 0.1) is 5.60 Å². The van der Waals surface area contributed by atoms with E-state index in [1.807, 2.05) is 18.2 Å². The fraction of sp³-hybridized carbons (Fsp3) is 0.545. The number of hydrogen-bond donors (Lipinski definition) is 3. The Kier molecular flexibility index (Phi) is 4.08. The second-order valence-corrected chi connectivity index (χ2v) is 10.8. The van der Waals surface area contributed by atoms with E-state index in [-0.39, 0.29) is 17.6 Å². The van der Waals surface area contributed by atoms with Crippen LogP contribution >= 0.6 is 7.82 Å². The highest BCUT2D eigenvalue weighted by Gasteiger charge is 2.78. The molecule has 1 aliphatic heterocycles. The number of phosphoric ester groups is 1. The number of methoxy groups -OCH3 is 1. The first-order chi connectivity index (χ1) is 14.7. The fourth-order valence-electron chi connectivity index (χ4n) is 7.06. The Balaban J connectivity index is 1.44. The molecule has 3 atom stereocenters. The highest BCUT2D eigenvalue weighted by atomic mass is 31.2. The van der Waals surface area contributed by atoms with Crippen molar-refractivity contribution in [2.45, 2.75) is 49.1 Å². The van der Waals surface area contributed by atoms with Gasteiger partial charge in [-0.15, -0.1) is 0 Å². The molecule has 1 heterocycles. The number of ether oxygens (including phenoxy) is 1. The Labute approximate surface area is 179 Å². The molecule has 4 bridgehead atoms. The molecule has 9 heteroatoms. The van der Waals surface area contributed by atoms with Crippen molar-refractivity contribution in [2.24, 2.45) is 17.8 Å². The van der Waals surface area contributed by atoms with Gasteiger partial charge in [-0.2, -0.15) is 4.89 Å². The van der Waals surface area contributed by atoms with E-state index in [1.54, 1.807) is 19.2 Å². The largest absolute Gasteiger partial charge is 0.524 e. The summed E-state index contributed by atoms with van der Waals surface area (Å²) in [5.74, 6) is -0.202. The lowest BCUT2D eigenvalue weighted by Gasteiger charge is -2.70. The maximum Gasteiger partial charge on any atom is 0.524 e. The third-order valence-electron chi connectivity index (χ3n) is 7.91. The van der Waals surface area contributed by atoms with Gasteiger partial charge in [0.15, 0.2) is 5.60 Å². The second-order valence-electron chi connectivity index (χ2n) is 9.62. The number of aliphatic hydroxyl groups is 1. The summed E-state index contributed by atoms with van der Waals surface area (Å²) in [4.78, 5) is 30.1. The Morgan fingerprint density at radius 2 is 1.81 bits per heavy atom. The average molecular weight is 448 g/mol. The van der Waals surface area contributed by atoms with Gasteiger partial charge < -0.3 is 14.4 Å². The highest BCUT2D eigenvalue weighted by Crippen LogP contribution is 2.70. The number of benzene rings is 2. The molecule has 2 aromatic rings. The normalized spacial score (nSPS) is 41.0. The van der Waals surface area contributed by atoms with Crippen LogP contribution in [-0.4, -0.2) is 33.2 Å². The van der Waals surface area contributed by atoms with Gasteiger partial charge in [-0.25, -0.2) is 9.45 Å². The first-order valence-corrected chi connectivity index (χ1v) is 12.1. The van der Waals surface area contributed by atoms with E-state index < -0.39 is 24.8 Å². The average Bonchev–Trinajstić information content (AvgIpc) is 2.65. The molecule has 4 aliphatic carbocycles. The first-order valence-electron chi connectivity index (χ1n) is 10.6. The molecule has 8 nitrogen and oxygen atoms in total. The SMILES string of the molecule is COC1(c2ccc3c(OP(=O)(O)O)cccc3c2)OOC12C1CC3CC2CC(O)(C3)C1. The van der Waals surface area contributed by atoms with E-state index >= 15 is 0 Å². The molecule has 0 amide bonds. The summed E-state index contributed by atoms with van der Waals surface area (Å²) in [6, 6.07) is 10.5. The number of hydrogen-bond acceptors (Lipinski definition) is 6. The van der Waals surface area contributed by atoms with E-state index in [0.29, 0.717) is 24.1 Å². The van der Waals surface area contributed by atoms with Crippen LogP contribution < -0.4 is 4.52 Å². The van der Waals surface area contributed by atoms with Crippen LogP contribution in [0.4, 0.5) is 0 Å². The predicted molar refractivity (Wildman–Crippen MR) is 109 cm³/mol. The van der Waals surface area contributed by atoms with Gasteiger partial charge in [0.2, 0.25) is 0 Å². The topological polar surface area (TPSA) is 115 Å². The third kappa shape index (κ3) is 2.67. The van der Waals surface area contributed by atoms with Crippen LogP contribution in [0.25, 0.3) is 10.8 Å². The van der Waals surface area contributed by atoms with Gasteiger partial charge in [0.25, 0.3) is 5.79 Å². The second kappa shape index (κ2) is 6.29. The Hall–Kier alpha value is -1.51. The molecule has 0 aromatic heterocycles. The summed E-state index contributed by atoms with van der Waals surface area (Å²) < 4.78 is 22.2. The van der Waals surface area contributed by atoms with Gasteiger partial charge in [-0.05, 0) is 55.5 Å². The predicted octanol–water partition coefficient (Wildman–Crippen LogP) is 3.38. The molecule has 3 N–H and O–H groups in total. The summed E-state index contributed by atoms with van der Waals surface area (Å²) >= 11 is 0. The van der Waals surface area contributed by atoms with Crippen molar-refractivity contribution in [3.8, 4) is 5.75 Å². The molecule has 2 aromatic carbocycles. The van der Waals surface area contributed by atoms with Gasteiger partial charge in [-0.1, -0.05) is 24.3 Å². The molecule has 5 aliphatic rings. The molecule has 5 fully saturated rings. The standard InChI is InChI=1S/C22H25O8P/c1-27-22(15-5-6-18-14(9-15)3-2-4-19(18)28-31(24,25)26)21(29-30-22)16-7-13-8-17(21)12-20(23,10-13)11-16/h2-6,9,13,16-17,23H,7-8,10-12H2,1H3,(H2,24,25,26). The fourth-order valence-corrected chi connectivity index (χ4v) is 7.48. The Morgan fingerprint density at radius 3 is 2.39 bits per heavy atom. The van der Waals surface area contributed by atoms with Gasteiger partial charge in [0, 0.05) is 29.9 Å². The monoisotopic (exact) mass is 448 g/mol. The molecule has 7 rings (SSSR count). The zero-order valence-corrected chi connectivity index (χ0v) is 18.0. The zero-order valence-electron chi connectivity index (χ0n) is 17.1. The molecule has 0 radical (unpaired) electrons. The van der Waals surface area contributed by atoms with Crippen molar-refractivity contribution >= 4 is 18.6 Å². The van der Waals surface area contributed by atoms with Crippen LogP contribution in [0.5, 0.6) is 5.75 Å². The Bertz CT molecular complexity index is 1090. The van der Waals surface area contributed by atoms with Crippen LogP contribution in [0, 0.1) is 17.8 Å². The highest BCUT2D eigenvalue weighted by molar-refractivity contribution is 7.46. The van der Waals surface area contributed by atoms with E-state index in [1.165, 1.54) is 6.07 Å². The van der Waals surface area contributed by atoms with Gasteiger partial charge in [0.1, 0.15) is 5.75 Å². The van der Waals surface area contributed by atoms with Crippen LogP contribution in [0.3, 0.4) is 0 Å². The molecular weight excluding hydrogens is 423 g/mol. The van der Waals surface area contributed by atoms with Gasteiger partial charge in [-0.3, -0.25) is 9.79 Å². The molecule has 3 unspecified atom stereocenters. The Morgan fingerprint density at radius 1 is 1.06 bits per heavy atom. The minimum absolute atomic E-state index is 0.112. The maximum atomic E-state index is 11.3. The lowest BCUT2D eigenvalue weighted by molar-refractivity contribution is -0.647. The smallest absolute Gasteiger partial charge is 0.404 e. The van der Waals surface area contributed by atoms with Crippen molar-refractivity contribution in [3.63, 3.8) is 0 Å². The number of rotatable bonds is 4. The van der Waals surface area contributed by atoms with Crippen molar-refractivity contribution < 1.29 is 38.5 Å². The van der Waals surface area contributed by atoms with Crippen molar-refractivity contribution in [1.29, 1.82) is 0 Å². The van der Waals surface area contributed by atoms with E-state index in [9.17, 15) is 19.5 Å². The van der Waals surface area contributed by atoms with E-state index in [0.717, 1.165) is 30.2 Å². The third-order valence-corrected chi connectivity index (χ3v) is 8.34. The van der Waals surface area contributed by atoms with Gasteiger partial charge >= 0.3 is 7.82 Å². The summed E-state index contributed by atoms with van der Waals surface area (Å²) in [5, 5.41) is 12.3. The molecule has 166 valence electrons. The minimum Gasteiger partial charge on any atom is -0.404 e. The van der Waals surface area contributed by atoms with Crippen LogP contribution in [0.2, 0.25) is 0 Å². The number of phosphoric acid groups is 1. The molecule has 4 saturated carbocycles. The lowest BCUT2D eigenvalue weighted by Crippen LogP contribution is -2.78. The molecular formula is C22H25O8P. The van der Waals surface area contributed by atoms with Crippen molar-refractivity contribution in [3.05, 3.63) is 42.0 Å². The quantitative estimate of drug-likeness (QED) is 0.482. The van der Waals surface area contributed by atoms with Crippen LogP contribution in [0.15, 0.2) is 36.4 Å². The zero-order chi connectivity index (χ0) is 21.6. The lowest BCUT2D eigenvalue weighted by atomic mass is 9.45. The molecule has 31 heavy (non-hydrogen) atoms. The van der Waals surface area contributed by atoms with Crippen molar-refractivity contribution in [1.82, 2.24) is 0 Å². The molecule has 1 spiro atoms. The number of fused-ring (bicyclic) bond motifs is 1. The molecule has 1 saturated heterocycles. The minimum atomic E-state index is -4.68.